The van der Waals surface area contributed by atoms with Gasteiger partial charge in [0.2, 0.25) is 0 Å². The highest BCUT2D eigenvalue weighted by atomic mass is 28.3. The van der Waals surface area contributed by atoms with E-state index in [0.717, 1.165) is 0 Å². The monoisotopic (exact) mass is 320 g/mol. The van der Waals surface area contributed by atoms with Crippen LogP contribution in [0.4, 0.5) is 0 Å². The predicted molar refractivity (Wildman–Crippen MR) is 109 cm³/mol. The predicted octanol–water partition coefficient (Wildman–Crippen LogP) is 3.29. The number of fused-ring (bicyclic) bond motifs is 2. The van der Waals surface area contributed by atoms with Crippen LogP contribution in [-0.4, -0.2) is 28.5 Å². The number of hydrogen-bond donors (Lipinski definition) is 0. The molecule has 1 aliphatic carbocycles. The molecular weight excluding hydrogens is 294 g/mol. The standard InChI is InChI=1S/C18H26B2Si2/c1-21(2,3)19-15-11-7-9-13-17(15)20(22(4,5)6)18-14-10-8-12-16(18)19/h7-14H,1-6H3. The summed E-state index contributed by atoms with van der Waals surface area (Å²) in [6.45, 7) is 15.1. The third-order valence-electron chi connectivity index (χ3n) is 4.97. The molecule has 0 fully saturated rings. The van der Waals surface area contributed by atoms with Crippen LogP contribution in [0.25, 0.3) is 0 Å². The van der Waals surface area contributed by atoms with Gasteiger partial charge in [-0.2, -0.15) is 0 Å². The van der Waals surface area contributed by atoms with Gasteiger partial charge < -0.3 is 0 Å². The van der Waals surface area contributed by atoms with Gasteiger partial charge >= 0.3 is 0 Å². The van der Waals surface area contributed by atoms with E-state index in [1.807, 2.05) is 0 Å². The van der Waals surface area contributed by atoms with E-state index in [0.29, 0.717) is 12.6 Å². The first-order valence-electron chi connectivity index (χ1n) is 8.39. The zero-order valence-corrected chi connectivity index (χ0v) is 16.8. The second-order valence-corrected chi connectivity index (χ2v) is 19.5. The highest BCUT2D eigenvalue weighted by Gasteiger charge is 2.45. The van der Waals surface area contributed by atoms with E-state index < -0.39 is 15.9 Å². The van der Waals surface area contributed by atoms with Crippen molar-refractivity contribution in [3.05, 3.63) is 60.2 Å². The van der Waals surface area contributed by atoms with Gasteiger partial charge in [0.25, 0.3) is 0 Å². The molecule has 0 atom stereocenters. The van der Waals surface area contributed by atoms with Crippen molar-refractivity contribution in [2.75, 3.05) is 0 Å². The molecule has 3 rings (SSSR count). The highest BCUT2D eigenvalue weighted by molar-refractivity contribution is 7.46. The summed E-state index contributed by atoms with van der Waals surface area (Å²) in [6, 6.07) is 9.28. The van der Waals surface area contributed by atoms with E-state index in [9.17, 15) is 0 Å². The first-order chi connectivity index (χ1) is 10.2. The van der Waals surface area contributed by atoms with Crippen molar-refractivity contribution in [2.24, 2.45) is 0 Å². The summed E-state index contributed by atoms with van der Waals surface area (Å²) >= 11 is 0. The highest BCUT2D eigenvalue weighted by Crippen LogP contribution is 2.37. The summed E-state index contributed by atoms with van der Waals surface area (Å²) in [7, 11) is -2.66. The summed E-state index contributed by atoms with van der Waals surface area (Å²) in [5.41, 5.74) is 3.24. The van der Waals surface area contributed by atoms with Crippen molar-refractivity contribution in [1.29, 1.82) is 0 Å². The van der Waals surface area contributed by atoms with Crippen LogP contribution in [0.3, 0.4) is 0 Å². The van der Waals surface area contributed by atoms with Gasteiger partial charge in [0.1, 0.15) is 12.2 Å². The molecule has 0 unspecified atom stereocenters. The smallest absolute Gasteiger partial charge is 0.145 e. The van der Waals surface area contributed by atoms with E-state index in [2.05, 4.69) is 87.9 Å². The molecule has 22 heavy (non-hydrogen) atoms. The Bertz CT molecular complexity index is 568. The number of allylic oxidation sites excluding steroid dienone is 4. The normalized spacial score (nSPS) is 19.4. The summed E-state index contributed by atoms with van der Waals surface area (Å²) in [4.78, 5) is 0. The van der Waals surface area contributed by atoms with E-state index in [1.165, 1.54) is 0 Å². The SMILES string of the molecule is C[Si](C)(C)[B-]1c2ccccc2[B-]([Si](C)(C)C)[C+]2C=CC=C[C+]12. The molecule has 0 amide bonds. The quantitative estimate of drug-likeness (QED) is 0.579. The van der Waals surface area contributed by atoms with Gasteiger partial charge in [-0.25, -0.2) is 10.9 Å². The van der Waals surface area contributed by atoms with Crippen molar-refractivity contribution in [1.82, 2.24) is 0 Å². The maximum atomic E-state index is 2.51. The largest absolute Gasteiger partial charge is 0.248 e. The molecule has 0 nitrogen and oxygen atoms in total. The average molecular weight is 320 g/mol. The molecule has 1 aliphatic heterocycles. The first-order valence-corrected chi connectivity index (χ1v) is 15.5. The zero-order valence-electron chi connectivity index (χ0n) is 14.8. The molecule has 0 bridgehead atoms. The maximum absolute atomic E-state index is 2.51. The lowest BCUT2D eigenvalue weighted by Crippen LogP contribution is -2.73. The third kappa shape index (κ3) is 2.57. The van der Waals surface area contributed by atoms with Crippen LogP contribution in [0.2, 0.25) is 39.3 Å². The third-order valence-corrected chi connectivity index (χ3v) is 9.68. The van der Waals surface area contributed by atoms with Crippen molar-refractivity contribution in [3.63, 3.8) is 0 Å². The van der Waals surface area contributed by atoms with Crippen molar-refractivity contribution < 1.29 is 0 Å². The molecular formula is C18H26B2Si2. The molecule has 0 aromatic heterocycles. The Morgan fingerprint density at radius 3 is 1.36 bits per heavy atom. The fourth-order valence-corrected chi connectivity index (χ4v) is 9.06. The number of hydrogen-bond acceptors (Lipinski definition) is 0. The summed E-state index contributed by atoms with van der Waals surface area (Å²) in [5.74, 6) is 3.24. The molecule has 0 saturated heterocycles. The van der Waals surface area contributed by atoms with Gasteiger partial charge in [-0.1, -0.05) is 78.9 Å². The van der Waals surface area contributed by atoms with Gasteiger partial charge in [0, 0.05) is 0 Å². The van der Waals surface area contributed by atoms with Crippen LogP contribution >= 0.6 is 0 Å². The van der Waals surface area contributed by atoms with Crippen molar-refractivity contribution in [3.8, 4) is 0 Å². The summed E-state index contributed by atoms with van der Waals surface area (Å²) < 4.78 is 0. The Balaban J connectivity index is 2.24. The lowest BCUT2D eigenvalue weighted by molar-refractivity contribution is 1.36. The van der Waals surface area contributed by atoms with Crippen LogP contribution in [0.5, 0.6) is 0 Å². The fraction of sp³-hybridized carbons (Fsp3) is 0.333. The Morgan fingerprint density at radius 1 is 0.682 bits per heavy atom. The van der Waals surface area contributed by atoms with Gasteiger partial charge in [-0.05, 0) is 0 Å². The van der Waals surface area contributed by atoms with Gasteiger partial charge in [-0.3, -0.25) is 0 Å². The number of benzene rings is 1. The van der Waals surface area contributed by atoms with E-state index >= 15 is 0 Å². The molecule has 0 saturated carbocycles. The fourth-order valence-electron chi connectivity index (χ4n) is 4.27. The molecule has 4 heteroatoms. The van der Waals surface area contributed by atoms with Gasteiger partial charge in [0.15, 0.2) is 0 Å². The molecule has 0 spiro atoms. The van der Waals surface area contributed by atoms with Crippen molar-refractivity contribution in [2.45, 2.75) is 39.3 Å². The van der Waals surface area contributed by atoms with Gasteiger partial charge in [0.05, 0.1) is 24.8 Å². The van der Waals surface area contributed by atoms with E-state index in [1.54, 1.807) is 22.6 Å². The lowest BCUT2D eigenvalue weighted by Gasteiger charge is -2.56. The molecule has 1 aromatic rings. The Kier molecular flexibility index (Phi) is 3.81. The number of rotatable bonds is 2. The molecule has 0 N–H and O–H groups in total. The van der Waals surface area contributed by atoms with Crippen LogP contribution in [0.1, 0.15) is 0 Å². The molecule has 2 aliphatic rings. The Hall–Kier alpha value is -0.996. The zero-order chi connectivity index (χ0) is 16.1. The lowest BCUT2D eigenvalue weighted by atomic mass is 9.33. The second-order valence-electron chi connectivity index (χ2n) is 8.86. The summed E-state index contributed by atoms with van der Waals surface area (Å²) in [5, 5.41) is 0. The maximum Gasteiger partial charge on any atom is 0.145 e. The molecule has 2 radical (unpaired) electrons. The van der Waals surface area contributed by atoms with Crippen LogP contribution in [0.15, 0.2) is 48.6 Å². The molecule has 112 valence electrons. The molecule has 1 heterocycles. The first kappa shape index (κ1) is 15.9. The Labute approximate surface area is 139 Å². The minimum atomic E-state index is -1.33. The average Bonchev–Trinajstić information content (AvgIpc) is 2.41. The minimum absolute atomic E-state index is 0.632. The van der Waals surface area contributed by atoms with Crippen LogP contribution in [-0.2, 0) is 0 Å². The van der Waals surface area contributed by atoms with E-state index in [4.69, 9.17) is 0 Å². The van der Waals surface area contributed by atoms with Gasteiger partial charge in [-0.15, -0.1) is 12.1 Å². The van der Waals surface area contributed by atoms with Crippen molar-refractivity contribution >= 4 is 39.4 Å². The van der Waals surface area contributed by atoms with Crippen LogP contribution in [0, 0.1) is 11.6 Å². The van der Waals surface area contributed by atoms with E-state index in [-0.39, 0.29) is 0 Å². The topological polar surface area (TPSA) is 0 Å². The minimum Gasteiger partial charge on any atom is -0.248 e. The van der Waals surface area contributed by atoms with Crippen LogP contribution < -0.4 is 10.9 Å². The Morgan fingerprint density at radius 2 is 1.05 bits per heavy atom. The second kappa shape index (κ2) is 5.28. The summed E-state index contributed by atoms with van der Waals surface area (Å²) in [6.07, 6.45) is 10.5. The molecule has 1 aromatic carbocycles.